The molecular weight excluding hydrogens is 412 g/mol. The van der Waals surface area contributed by atoms with Crippen LogP contribution >= 0.6 is 0 Å². The number of hydrogen-bond donors (Lipinski definition) is 1. The van der Waals surface area contributed by atoms with Gasteiger partial charge in [0, 0.05) is 44.4 Å². The van der Waals surface area contributed by atoms with Crippen molar-refractivity contribution in [1.29, 1.82) is 0 Å². The first-order chi connectivity index (χ1) is 15.4. The normalized spacial score (nSPS) is 15.0. The molecule has 1 heterocycles. The van der Waals surface area contributed by atoms with E-state index in [0.29, 0.717) is 36.9 Å². The van der Waals surface area contributed by atoms with Crippen LogP contribution in [0.3, 0.4) is 0 Å². The molecule has 1 N–H and O–H groups in total. The van der Waals surface area contributed by atoms with Gasteiger partial charge in [-0.2, -0.15) is 0 Å². The minimum Gasteiger partial charge on any atom is -0.496 e. The molecule has 2 rings (SSSR count). The molecule has 0 spiro atoms. The minimum atomic E-state index is -0.0468. The van der Waals surface area contributed by atoms with Gasteiger partial charge in [-0.25, -0.2) is 0 Å². The molecule has 1 fully saturated rings. The van der Waals surface area contributed by atoms with Gasteiger partial charge in [0.1, 0.15) is 5.75 Å². The summed E-state index contributed by atoms with van der Waals surface area (Å²) in [5.41, 5.74) is 0.815. The average molecular weight is 451 g/mol. The first kappa shape index (κ1) is 25.7. The molecule has 2 amide bonds. The zero-order chi connectivity index (χ0) is 23.5. The van der Waals surface area contributed by atoms with Gasteiger partial charge >= 0.3 is 0 Å². The standard InChI is InChI=1S/C23H38N4O5/c1-6-27(7-2)23(29)17-26-10-8-9-25(11-12-26)16-22(28)24-15-18-13-20(31-4)21(32-5)14-19(18)30-3/h13-14H,6-12,15-17H2,1-5H3,(H,24,28). The maximum absolute atomic E-state index is 12.6. The number of carbonyl (C=O) groups is 2. The van der Waals surface area contributed by atoms with Crippen LogP contribution in [0.1, 0.15) is 25.8 Å². The Morgan fingerprint density at radius 3 is 2.00 bits per heavy atom. The Balaban J connectivity index is 1.86. The molecule has 1 saturated heterocycles. The summed E-state index contributed by atoms with van der Waals surface area (Å²) >= 11 is 0. The largest absolute Gasteiger partial charge is 0.496 e. The van der Waals surface area contributed by atoms with E-state index in [1.807, 2.05) is 24.8 Å². The topological polar surface area (TPSA) is 83.6 Å². The predicted molar refractivity (Wildman–Crippen MR) is 123 cm³/mol. The van der Waals surface area contributed by atoms with Gasteiger partial charge in [-0.15, -0.1) is 0 Å². The van der Waals surface area contributed by atoms with Crippen molar-refractivity contribution in [1.82, 2.24) is 20.0 Å². The van der Waals surface area contributed by atoms with Crippen molar-refractivity contribution < 1.29 is 23.8 Å². The van der Waals surface area contributed by atoms with Gasteiger partial charge < -0.3 is 24.4 Å². The van der Waals surface area contributed by atoms with E-state index in [2.05, 4.69) is 15.1 Å². The van der Waals surface area contributed by atoms with Gasteiger partial charge in [-0.1, -0.05) is 0 Å². The third kappa shape index (κ3) is 7.27. The fourth-order valence-corrected chi connectivity index (χ4v) is 3.89. The Kier molecular flexibility index (Phi) is 10.6. The summed E-state index contributed by atoms with van der Waals surface area (Å²) in [6.07, 6.45) is 0.933. The van der Waals surface area contributed by atoms with Crippen molar-refractivity contribution in [2.45, 2.75) is 26.8 Å². The van der Waals surface area contributed by atoms with Crippen LogP contribution in [0.15, 0.2) is 12.1 Å². The second-order valence-electron chi connectivity index (χ2n) is 7.77. The third-order valence-electron chi connectivity index (χ3n) is 5.79. The predicted octanol–water partition coefficient (Wildman–Crippen LogP) is 1.20. The summed E-state index contributed by atoms with van der Waals surface area (Å²) < 4.78 is 16.1. The number of benzene rings is 1. The maximum atomic E-state index is 12.6. The number of nitrogens with zero attached hydrogens (tertiary/aromatic N) is 3. The highest BCUT2D eigenvalue weighted by Gasteiger charge is 2.20. The SMILES string of the molecule is CCN(CC)C(=O)CN1CCCN(CC(=O)NCc2cc(OC)c(OC)cc2OC)CC1. The number of methoxy groups -OCH3 is 3. The van der Waals surface area contributed by atoms with Crippen LogP contribution in [0.2, 0.25) is 0 Å². The van der Waals surface area contributed by atoms with Crippen molar-refractivity contribution in [3.8, 4) is 17.2 Å². The molecule has 9 nitrogen and oxygen atoms in total. The molecule has 1 aromatic carbocycles. The molecule has 0 atom stereocenters. The summed E-state index contributed by atoms with van der Waals surface area (Å²) in [5, 5.41) is 2.97. The summed E-state index contributed by atoms with van der Waals surface area (Å²) in [6.45, 7) is 9.83. The molecule has 1 aromatic rings. The molecule has 0 aliphatic carbocycles. The van der Waals surface area contributed by atoms with Crippen LogP contribution in [-0.4, -0.2) is 100 Å². The van der Waals surface area contributed by atoms with Crippen LogP contribution < -0.4 is 19.5 Å². The third-order valence-corrected chi connectivity index (χ3v) is 5.79. The van der Waals surface area contributed by atoms with Gasteiger partial charge in [-0.3, -0.25) is 19.4 Å². The van der Waals surface area contributed by atoms with E-state index in [4.69, 9.17) is 14.2 Å². The monoisotopic (exact) mass is 450 g/mol. The average Bonchev–Trinajstić information content (AvgIpc) is 3.02. The molecule has 0 aromatic heterocycles. The number of nitrogens with one attached hydrogen (secondary N) is 1. The molecule has 9 heteroatoms. The number of carbonyl (C=O) groups excluding carboxylic acids is 2. The Labute approximate surface area is 191 Å². The van der Waals surface area contributed by atoms with Crippen LogP contribution in [-0.2, 0) is 16.1 Å². The fourth-order valence-electron chi connectivity index (χ4n) is 3.89. The lowest BCUT2D eigenvalue weighted by atomic mass is 10.1. The number of rotatable bonds is 11. The second kappa shape index (κ2) is 13.1. The zero-order valence-corrected chi connectivity index (χ0v) is 20.1. The van der Waals surface area contributed by atoms with E-state index < -0.39 is 0 Å². The number of amides is 2. The quantitative estimate of drug-likeness (QED) is 0.542. The molecule has 0 bridgehead atoms. The lowest BCUT2D eigenvalue weighted by Crippen LogP contribution is -2.42. The first-order valence-corrected chi connectivity index (χ1v) is 11.2. The Morgan fingerprint density at radius 2 is 1.44 bits per heavy atom. The van der Waals surface area contributed by atoms with E-state index in [0.717, 1.165) is 51.3 Å². The van der Waals surface area contributed by atoms with E-state index >= 15 is 0 Å². The summed E-state index contributed by atoms with van der Waals surface area (Å²) in [5.74, 6) is 1.92. The van der Waals surface area contributed by atoms with Gasteiger partial charge in [0.25, 0.3) is 0 Å². The molecule has 1 aliphatic heterocycles. The van der Waals surface area contributed by atoms with Crippen LogP contribution in [0.5, 0.6) is 17.2 Å². The Morgan fingerprint density at radius 1 is 0.875 bits per heavy atom. The molecule has 0 unspecified atom stereocenters. The summed E-state index contributed by atoms with van der Waals surface area (Å²) in [6, 6.07) is 3.57. The van der Waals surface area contributed by atoms with Gasteiger partial charge in [0.15, 0.2) is 11.5 Å². The fraction of sp³-hybridized carbons (Fsp3) is 0.652. The van der Waals surface area contributed by atoms with Gasteiger partial charge in [-0.05, 0) is 39.4 Å². The zero-order valence-electron chi connectivity index (χ0n) is 20.1. The second-order valence-corrected chi connectivity index (χ2v) is 7.77. The summed E-state index contributed by atoms with van der Waals surface area (Å²) in [7, 11) is 4.73. The molecule has 1 aliphatic rings. The highest BCUT2D eigenvalue weighted by molar-refractivity contribution is 5.78. The molecule has 0 radical (unpaired) electrons. The molecule has 0 saturated carbocycles. The van der Waals surface area contributed by atoms with E-state index in [-0.39, 0.29) is 11.8 Å². The van der Waals surface area contributed by atoms with E-state index in [1.165, 1.54) is 0 Å². The van der Waals surface area contributed by atoms with Gasteiger partial charge in [0.2, 0.25) is 11.8 Å². The molecular formula is C23H38N4O5. The van der Waals surface area contributed by atoms with Crippen LogP contribution in [0, 0.1) is 0 Å². The number of hydrogen-bond acceptors (Lipinski definition) is 7. The van der Waals surface area contributed by atoms with Crippen molar-refractivity contribution in [2.24, 2.45) is 0 Å². The molecule has 180 valence electrons. The lowest BCUT2D eigenvalue weighted by Gasteiger charge is -2.25. The molecule has 32 heavy (non-hydrogen) atoms. The van der Waals surface area contributed by atoms with E-state index in [9.17, 15) is 9.59 Å². The maximum Gasteiger partial charge on any atom is 0.236 e. The van der Waals surface area contributed by atoms with Crippen molar-refractivity contribution in [3.63, 3.8) is 0 Å². The van der Waals surface area contributed by atoms with Gasteiger partial charge in [0.05, 0.1) is 34.4 Å². The number of likely N-dealkylation sites (N-methyl/N-ethyl adjacent to an activating group) is 1. The number of ether oxygens (including phenoxy) is 3. The van der Waals surface area contributed by atoms with Crippen LogP contribution in [0.25, 0.3) is 0 Å². The summed E-state index contributed by atoms with van der Waals surface area (Å²) in [4.78, 5) is 31.1. The highest BCUT2D eigenvalue weighted by Crippen LogP contribution is 2.34. The lowest BCUT2D eigenvalue weighted by molar-refractivity contribution is -0.132. The highest BCUT2D eigenvalue weighted by atomic mass is 16.5. The smallest absolute Gasteiger partial charge is 0.236 e. The van der Waals surface area contributed by atoms with Crippen LogP contribution in [0.4, 0.5) is 0 Å². The van der Waals surface area contributed by atoms with Crippen molar-refractivity contribution >= 4 is 11.8 Å². The van der Waals surface area contributed by atoms with Crippen molar-refractivity contribution in [2.75, 3.05) is 73.7 Å². The minimum absolute atomic E-state index is 0.0468. The first-order valence-electron chi connectivity index (χ1n) is 11.2. The Hall–Kier alpha value is -2.52. The van der Waals surface area contributed by atoms with E-state index in [1.54, 1.807) is 27.4 Å². The van der Waals surface area contributed by atoms with Crippen molar-refractivity contribution in [3.05, 3.63) is 17.7 Å². The Bertz CT molecular complexity index is 754.